The summed E-state index contributed by atoms with van der Waals surface area (Å²) in [5, 5.41) is 0. The van der Waals surface area contributed by atoms with Gasteiger partial charge in [0.05, 0.1) is 31.1 Å². The van der Waals surface area contributed by atoms with Crippen molar-refractivity contribution in [1.82, 2.24) is 9.21 Å². The number of aryl methyl sites for hydroxylation is 1. The maximum Gasteiger partial charge on any atom is 0.278 e. The zero-order valence-electron chi connectivity index (χ0n) is 17.5. The normalized spacial score (nSPS) is 26.9. The van der Waals surface area contributed by atoms with Gasteiger partial charge in [0.25, 0.3) is 5.91 Å². The fraction of sp³-hybridized carbons (Fsp3) is 0.682. The van der Waals surface area contributed by atoms with E-state index >= 15 is 0 Å². The number of carbonyl (C=O) groups excluding carboxylic acids is 1. The molecule has 1 saturated carbocycles. The van der Waals surface area contributed by atoms with Gasteiger partial charge in [0, 0.05) is 12.6 Å². The van der Waals surface area contributed by atoms with Crippen LogP contribution in [0.3, 0.4) is 0 Å². The summed E-state index contributed by atoms with van der Waals surface area (Å²) in [5.41, 5.74) is 1.05. The molecule has 29 heavy (non-hydrogen) atoms. The Morgan fingerprint density at radius 1 is 1.00 bits per heavy atom. The van der Waals surface area contributed by atoms with E-state index in [0.717, 1.165) is 24.9 Å². The first-order valence-corrected chi connectivity index (χ1v) is 12.6. The Kier molecular flexibility index (Phi) is 6.27. The summed E-state index contributed by atoms with van der Waals surface area (Å²) in [6, 6.07) is 7.50. The number of nitrogens with zero attached hydrogens (tertiary/aromatic N) is 2. The molecule has 7 heteroatoms. The zero-order chi connectivity index (χ0) is 20.4. The number of hydrogen-bond acceptors (Lipinski definition) is 3. The molecule has 3 fully saturated rings. The number of piperidine rings is 1. The van der Waals surface area contributed by atoms with Gasteiger partial charge in [-0.1, -0.05) is 30.5 Å². The molecule has 1 aromatic carbocycles. The van der Waals surface area contributed by atoms with Crippen molar-refractivity contribution in [1.29, 1.82) is 0 Å². The minimum atomic E-state index is -3.44. The first-order chi connectivity index (χ1) is 13.9. The highest BCUT2D eigenvalue weighted by Gasteiger charge is 2.37. The van der Waals surface area contributed by atoms with Crippen LogP contribution in [0.4, 0.5) is 0 Å². The molecule has 3 aliphatic rings. The first-order valence-electron chi connectivity index (χ1n) is 11.1. The van der Waals surface area contributed by atoms with Crippen molar-refractivity contribution in [3.63, 3.8) is 0 Å². The van der Waals surface area contributed by atoms with Crippen LogP contribution >= 0.6 is 0 Å². The molecule has 1 aliphatic carbocycles. The summed E-state index contributed by atoms with van der Waals surface area (Å²) in [7, 11) is -3.44. The predicted molar refractivity (Wildman–Crippen MR) is 112 cm³/mol. The molecule has 1 N–H and O–H groups in total. The first kappa shape index (κ1) is 20.8. The fourth-order valence-electron chi connectivity index (χ4n) is 5.33. The van der Waals surface area contributed by atoms with Crippen LogP contribution in [0.1, 0.15) is 44.1 Å². The Morgan fingerprint density at radius 3 is 2.38 bits per heavy atom. The van der Waals surface area contributed by atoms with E-state index in [1.165, 1.54) is 30.6 Å². The average Bonchev–Trinajstić information content (AvgIpc) is 2.74. The molecule has 2 aliphatic heterocycles. The number of benzene rings is 1. The number of likely N-dealkylation sites (tertiary alicyclic amines) is 1. The molecule has 0 aromatic heterocycles. The van der Waals surface area contributed by atoms with Gasteiger partial charge in [0.1, 0.15) is 0 Å². The third kappa shape index (κ3) is 4.52. The van der Waals surface area contributed by atoms with E-state index in [1.807, 2.05) is 19.1 Å². The third-order valence-electron chi connectivity index (χ3n) is 7.05. The Morgan fingerprint density at radius 2 is 1.66 bits per heavy atom. The number of rotatable bonds is 4. The summed E-state index contributed by atoms with van der Waals surface area (Å²) in [5.74, 6) is 0.972. The zero-order valence-corrected chi connectivity index (χ0v) is 18.3. The van der Waals surface area contributed by atoms with Crippen LogP contribution in [-0.2, 0) is 14.8 Å². The van der Waals surface area contributed by atoms with Gasteiger partial charge in [-0.15, -0.1) is 0 Å². The minimum Gasteiger partial charge on any atom is -0.335 e. The van der Waals surface area contributed by atoms with Crippen molar-refractivity contribution in [2.75, 3.05) is 39.3 Å². The topological polar surface area (TPSA) is 62.1 Å². The largest absolute Gasteiger partial charge is 0.335 e. The predicted octanol–water partition coefficient (Wildman–Crippen LogP) is 1.07. The van der Waals surface area contributed by atoms with E-state index in [9.17, 15) is 13.2 Å². The van der Waals surface area contributed by atoms with Crippen LogP contribution < -0.4 is 4.90 Å². The molecular formula is C22H34N3O3S+. The summed E-state index contributed by atoms with van der Waals surface area (Å²) in [6.07, 6.45) is 7.39. The van der Waals surface area contributed by atoms with Crippen molar-refractivity contribution in [3.05, 3.63) is 29.8 Å². The van der Waals surface area contributed by atoms with Gasteiger partial charge in [-0.05, 0) is 50.7 Å². The molecular weight excluding hydrogens is 386 g/mol. The fourth-order valence-corrected chi connectivity index (χ4v) is 6.77. The second-order valence-electron chi connectivity index (χ2n) is 8.99. The second kappa shape index (κ2) is 8.74. The van der Waals surface area contributed by atoms with Crippen molar-refractivity contribution < 1.29 is 18.1 Å². The number of quaternary nitrogens is 1. The summed E-state index contributed by atoms with van der Waals surface area (Å²) in [4.78, 5) is 16.8. The maximum absolute atomic E-state index is 13.0. The number of fused-ring (bicyclic) bond motifs is 1. The van der Waals surface area contributed by atoms with E-state index < -0.39 is 10.0 Å². The Labute approximate surface area is 174 Å². The van der Waals surface area contributed by atoms with Gasteiger partial charge < -0.3 is 9.80 Å². The lowest BCUT2D eigenvalue weighted by Crippen LogP contribution is -3.15. The van der Waals surface area contributed by atoms with Crippen LogP contribution in [0.25, 0.3) is 0 Å². The van der Waals surface area contributed by atoms with Crippen molar-refractivity contribution in [2.24, 2.45) is 5.92 Å². The third-order valence-corrected chi connectivity index (χ3v) is 8.97. The number of piperazine rings is 1. The quantitative estimate of drug-likeness (QED) is 0.793. The molecule has 0 spiro atoms. The molecule has 0 bridgehead atoms. The van der Waals surface area contributed by atoms with Crippen LogP contribution in [0.5, 0.6) is 0 Å². The maximum atomic E-state index is 13.0. The molecule has 0 radical (unpaired) electrons. The smallest absolute Gasteiger partial charge is 0.278 e. The number of nitrogens with one attached hydrogen (secondary N) is 1. The van der Waals surface area contributed by atoms with Gasteiger partial charge in [-0.2, -0.15) is 4.31 Å². The van der Waals surface area contributed by atoms with E-state index in [1.54, 1.807) is 16.4 Å². The lowest BCUT2D eigenvalue weighted by atomic mass is 9.78. The van der Waals surface area contributed by atoms with Gasteiger partial charge in [0.15, 0.2) is 6.54 Å². The van der Waals surface area contributed by atoms with Crippen LogP contribution in [-0.4, -0.2) is 68.8 Å². The molecule has 2 heterocycles. The molecule has 2 saturated heterocycles. The molecule has 1 amide bonds. The van der Waals surface area contributed by atoms with Crippen LogP contribution in [0.15, 0.2) is 29.2 Å². The number of amides is 1. The van der Waals surface area contributed by atoms with Gasteiger partial charge in [-0.3, -0.25) is 4.79 Å². The van der Waals surface area contributed by atoms with E-state index in [-0.39, 0.29) is 5.91 Å². The van der Waals surface area contributed by atoms with Gasteiger partial charge in [0.2, 0.25) is 10.0 Å². The minimum absolute atomic E-state index is 0.270. The van der Waals surface area contributed by atoms with Gasteiger partial charge in [-0.25, -0.2) is 8.42 Å². The monoisotopic (exact) mass is 420 g/mol. The lowest BCUT2D eigenvalue weighted by molar-refractivity contribution is -0.896. The molecule has 1 aromatic rings. The molecule has 4 rings (SSSR count). The summed E-state index contributed by atoms with van der Waals surface area (Å²) >= 11 is 0. The van der Waals surface area contributed by atoms with Crippen LogP contribution in [0, 0.1) is 12.8 Å². The summed E-state index contributed by atoms with van der Waals surface area (Å²) in [6.45, 7) is 5.70. The number of sulfonamides is 1. The SMILES string of the molecule is Cc1ccc(S(=O)(=O)N2CC[NH+](CC(=O)N3CCC[C@@H]4CCCC[C@@H]43)CC2)cc1. The van der Waals surface area contributed by atoms with E-state index in [4.69, 9.17) is 0 Å². The lowest BCUT2D eigenvalue weighted by Gasteiger charge is -2.44. The molecule has 6 nitrogen and oxygen atoms in total. The molecule has 160 valence electrons. The van der Waals surface area contributed by atoms with Crippen LogP contribution in [0.2, 0.25) is 0 Å². The average molecular weight is 421 g/mol. The van der Waals surface area contributed by atoms with E-state index in [2.05, 4.69) is 4.90 Å². The molecule has 0 unspecified atom stereocenters. The molecule has 2 atom stereocenters. The Balaban J connectivity index is 1.32. The van der Waals surface area contributed by atoms with Gasteiger partial charge >= 0.3 is 0 Å². The summed E-state index contributed by atoms with van der Waals surface area (Å²) < 4.78 is 27.3. The number of hydrogen-bond donors (Lipinski definition) is 1. The standard InChI is InChI=1S/C22H33N3O3S/c1-18-8-10-20(11-9-18)29(27,28)24-15-13-23(14-16-24)17-22(26)25-12-4-6-19-5-2-3-7-21(19)25/h8-11,19,21H,2-7,12-17H2,1H3/p+1/t19-,21-/m0/s1. The van der Waals surface area contributed by atoms with Crippen molar-refractivity contribution in [3.8, 4) is 0 Å². The van der Waals surface area contributed by atoms with Crippen molar-refractivity contribution >= 4 is 15.9 Å². The van der Waals surface area contributed by atoms with Crippen molar-refractivity contribution in [2.45, 2.75) is 56.4 Å². The van der Waals surface area contributed by atoms with E-state index in [0.29, 0.717) is 49.6 Å². The number of carbonyl (C=O) groups is 1. The Bertz CT molecular complexity index is 814. The Hall–Kier alpha value is -1.44. The highest BCUT2D eigenvalue weighted by Crippen LogP contribution is 2.35. The highest BCUT2D eigenvalue weighted by molar-refractivity contribution is 7.89. The second-order valence-corrected chi connectivity index (χ2v) is 10.9. The highest BCUT2D eigenvalue weighted by atomic mass is 32.2.